The number of nitrogens with zero attached hydrogens (tertiary/aromatic N) is 3. The number of hydrogen-bond donors (Lipinski definition) is 0. The topological polar surface area (TPSA) is 53.1 Å². The van der Waals surface area contributed by atoms with Crippen LogP contribution < -0.4 is 4.74 Å². The number of rotatable bonds is 7. The Bertz CT molecular complexity index is 792. The Morgan fingerprint density at radius 2 is 1.90 bits per heavy atom. The minimum Gasteiger partial charge on any atom is -0.493 e. The Morgan fingerprint density at radius 3 is 2.69 bits per heavy atom. The van der Waals surface area contributed by atoms with Gasteiger partial charge in [-0.3, -0.25) is 4.90 Å². The molecule has 0 amide bonds. The Balaban J connectivity index is 1.37. The quantitative estimate of drug-likeness (QED) is 0.676. The van der Waals surface area contributed by atoms with E-state index >= 15 is 0 Å². The van der Waals surface area contributed by atoms with E-state index in [1.54, 1.807) is 4.31 Å². The molecular formula is C22H35N3O3S. The highest BCUT2D eigenvalue weighted by Crippen LogP contribution is 2.27. The number of ether oxygens (including phenoxy) is 1. The number of piperidine rings is 2. The molecule has 29 heavy (non-hydrogen) atoms. The molecule has 0 N–H and O–H groups in total. The van der Waals surface area contributed by atoms with E-state index in [2.05, 4.69) is 28.0 Å². The van der Waals surface area contributed by atoms with Crippen LogP contribution in [0.15, 0.2) is 18.2 Å². The van der Waals surface area contributed by atoms with Gasteiger partial charge in [-0.1, -0.05) is 18.6 Å². The molecule has 4 rings (SSSR count). The van der Waals surface area contributed by atoms with E-state index in [-0.39, 0.29) is 6.04 Å². The molecule has 3 aliphatic rings. The molecule has 2 fully saturated rings. The molecule has 7 heteroatoms. The maximum Gasteiger partial charge on any atom is 0.211 e. The second kappa shape index (κ2) is 9.33. The van der Waals surface area contributed by atoms with Crippen LogP contribution in [0.4, 0.5) is 0 Å². The summed E-state index contributed by atoms with van der Waals surface area (Å²) < 4.78 is 32.5. The number of sulfonamides is 1. The van der Waals surface area contributed by atoms with Crippen LogP contribution in [-0.2, 0) is 23.0 Å². The molecule has 0 aromatic heterocycles. The molecule has 162 valence electrons. The standard InChI is InChI=1S/C22H35N3O3S/c1-29(26,27)25(14-13-23-10-3-2-4-11-23)21-6-5-12-24(18-21)17-19-7-8-22-20(16-19)9-15-28-22/h7-8,16,21H,2-6,9-15,17-18H2,1H3. The summed E-state index contributed by atoms with van der Waals surface area (Å²) >= 11 is 0. The van der Waals surface area contributed by atoms with E-state index in [1.165, 1.54) is 36.6 Å². The van der Waals surface area contributed by atoms with Gasteiger partial charge < -0.3 is 9.64 Å². The lowest BCUT2D eigenvalue weighted by Crippen LogP contribution is -2.51. The molecule has 0 bridgehead atoms. The lowest BCUT2D eigenvalue weighted by molar-refractivity contribution is 0.130. The van der Waals surface area contributed by atoms with Crippen molar-refractivity contribution in [1.82, 2.24) is 14.1 Å². The Kier molecular flexibility index (Phi) is 6.79. The first-order valence-electron chi connectivity index (χ1n) is 11.2. The zero-order chi connectivity index (χ0) is 20.3. The van der Waals surface area contributed by atoms with Gasteiger partial charge in [-0.25, -0.2) is 8.42 Å². The van der Waals surface area contributed by atoms with E-state index < -0.39 is 10.0 Å². The average molecular weight is 422 g/mol. The summed E-state index contributed by atoms with van der Waals surface area (Å²) in [7, 11) is -3.21. The van der Waals surface area contributed by atoms with Crippen LogP contribution in [-0.4, -0.2) is 80.7 Å². The third kappa shape index (κ3) is 5.51. The highest BCUT2D eigenvalue weighted by atomic mass is 32.2. The zero-order valence-electron chi connectivity index (χ0n) is 17.7. The predicted molar refractivity (Wildman–Crippen MR) is 116 cm³/mol. The fourth-order valence-electron chi connectivity index (χ4n) is 5.05. The third-order valence-electron chi connectivity index (χ3n) is 6.56. The number of likely N-dealkylation sites (tertiary alicyclic amines) is 2. The van der Waals surface area contributed by atoms with E-state index in [9.17, 15) is 8.42 Å². The van der Waals surface area contributed by atoms with Gasteiger partial charge in [-0.05, 0) is 62.5 Å². The van der Waals surface area contributed by atoms with Gasteiger partial charge in [0.15, 0.2) is 0 Å². The van der Waals surface area contributed by atoms with Crippen LogP contribution in [0.25, 0.3) is 0 Å². The van der Waals surface area contributed by atoms with Crippen LogP contribution in [0.5, 0.6) is 5.75 Å². The van der Waals surface area contributed by atoms with Gasteiger partial charge in [0.2, 0.25) is 10.0 Å². The van der Waals surface area contributed by atoms with Gasteiger partial charge >= 0.3 is 0 Å². The minimum atomic E-state index is -3.21. The first kappa shape index (κ1) is 21.1. The second-order valence-electron chi connectivity index (χ2n) is 8.85. The van der Waals surface area contributed by atoms with Gasteiger partial charge in [0.05, 0.1) is 12.9 Å². The molecule has 1 aromatic rings. The van der Waals surface area contributed by atoms with E-state index in [1.807, 2.05) is 0 Å². The summed E-state index contributed by atoms with van der Waals surface area (Å²) in [6, 6.07) is 6.58. The van der Waals surface area contributed by atoms with Crippen LogP contribution in [0, 0.1) is 0 Å². The third-order valence-corrected chi connectivity index (χ3v) is 7.89. The van der Waals surface area contributed by atoms with Crippen molar-refractivity contribution in [2.75, 3.05) is 52.1 Å². The molecule has 6 nitrogen and oxygen atoms in total. The lowest BCUT2D eigenvalue weighted by Gasteiger charge is -2.39. The summed E-state index contributed by atoms with van der Waals surface area (Å²) in [5.41, 5.74) is 2.60. The molecule has 0 spiro atoms. The number of benzene rings is 1. The van der Waals surface area contributed by atoms with Crippen molar-refractivity contribution in [3.8, 4) is 5.75 Å². The molecule has 1 aromatic carbocycles. The predicted octanol–water partition coefficient (Wildman–Crippen LogP) is 2.33. The summed E-state index contributed by atoms with van der Waals surface area (Å²) in [6.07, 6.45) is 8.16. The maximum atomic E-state index is 12.6. The van der Waals surface area contributed by atoms with Crippen LogP contribution in [0.1, 0.15) is 43.2 Å². The van der Waals surface area contributed by atoms with Crippen molar-refractivity contribution in [3.05, 3.63) is 29.3 Å². The SMILES string of the molecule is CS(=O)(=O)N(CCN1CCCCC1)C1CCCN(Cc2ccc3c(c2)CCO3)C1. The highest BCUT2D eigenvalue weighted by molar-refractivity contribution is 7.88. The monoisotopic (exact) mass is 421 g/mol. The van der Waals surface area contributed by atoms with Crippen LogP contribution >= 0.6 is 0 Å². The van der Waals surface area contributed by atoms with E-state index in [4.69, 9.17) is 4.74 Å². The smallest absolute Gasteiger partial charge is 0.211 e. The molecular weight excluding hydrogens is 386 g/mol. The second-order valence-corrected chi connectivity index (χ2v) is 10.8. The fraction of sp³-hybridized carbons (Fsp3) is 0.727. The summed E-state index contributed by atoms with van der Waals surface area (Å²) in [4.78, 5) is 4.85. The Morgan fingerprint density at radius 1 is 1.10 bits per heavy atom. The molecule has 0 aliphatic carbocycles. The van der Waals surface area contributed by atoms with Crippen molar-refractivity contribution in [2.45, 2.75) is 51.1 Å². The van der Waals surface area contributed by atoms with Crippen molar-refractivity contribution in [2.24, 2.45) is 0 Å². The molecule has 3 aliphatic heterocycles. The molecule has 1 unspecified atom stereocenters. The van der Waals surface area contributed by atoms with Crippen LogP contribution in [0.2, 0.25) is 0 Å². The number of fused-ring (bicyclic) bond motifs is 1. The fourth-order valence-corrected chi connectivity index (χ4v) is 6.18. The van der Waals surface area contributed by atoms with E-state index in [0.717, 1.165) is 70.9 Å². The normalized spacial score (nSPS) is 23.9. The molecule has 0 saturated carbocycles. The largest absolute Gasteiger partial charge is 0.493 e. The summed E-state index contributed by atoms with van der Waals surface area (Å²) in [5.74, 6) is 1.02. The first-order chi connectivity index (χ1) is 14.0. The van der Waals surface area contributed by atoms with Crippen molar-refractivity contribution < 1.29 is 13.2 Å². The lowest BCUT2D eigenvalue weighted by atomic mass is 10.0. The van der Waals surface area contributed by atoms with Crippen molar-refractivity contribution >= 4 is 10.0 Å². The molecule has 2 saturated heterocycles. The van der Waals surface area contributed by atoms with Gasteiger partial charge in [0.1, 0.15) is 5.75 Å². The summed E-state index contributed by atoms with van der Waals surface area (Å²) in [5, 5.41) is 0. The summed E-state index contributed by atoms with van der Waals surface area (Å²) in [6.45, 7) is 7.21. The molecule has 3 heterocycles. The number of hydrogen-bond acceptors (Lipinski definition) is 5. The van der Waals surface area contributed by atoms with Gasteiger partial charge in [-0.15, -0.1) is 0 Å². The average Bonchev–Trinajstić information content (AvgIpc) is 3.16. The minimum absolute atomic E-state index is 0.0845. The molecule has 0 radical (unpaired) electrons. The maximum absolute atomic E-state index is 12.6. The Labute approximate surface area is 175 Å². The van der Waals surface area contributed by atoms with E-state index in [0.29, 0.717) is 6.54 Å². The van der Waals surface area contributed by atoms with Gasteiger partial charge in [0, 0.05) is 38.6 Å². The first-order valence-corrected chi connectivity index (χ1v) is 13.0. The molecule has 1 atom stereocenters. The van der Waals surface area contributed by atoms with Crippen molar-refractivity contribution in [1.29, 1.82) is 0 Å². The highest BCUT2D eigenvalue weighted by Gasteiger charge is 2.31. The zero-order valence-corrected chi connectivity index (χ0v) is 18.5. The van der Waals surface area contributed by atoms with Gasteiger partial charge in [0.25, 0.3) is 0 Å². The Hall–Kier alpha value is -1.15. The van der Waals surface area contributed by atoms with Gasteiger partial charge in [-0.2, -0.15) is 4.31 Å². The van der Waals surface area contributed by atoms with Crippen LogP contribution in [0.3, 0.4) is 0 Å². The van der Waals surface area contributed by atoms with Crippen molar-refractivity contribution in [3.63, 3.8) is 0 Å².